The average Bonchev–Trinajstić information content (AvgIpc) is 2.13. The zero-order valence-corrected chi connectivity index (χ0v) is 15.1. The Morgan fingerprint density at radius 3 is 1.50 bits per heavy atom. The maximum Gasteiger partial charge on any atom is 1.00 e. The number of carbonyl (C=O) groups excluding carboxylic acids is 1. The van der Waals surface area contributed by atoms with Crippen LogP contribution in [-0.4, -0.2) is 5.97 Å². The molecule has 2 nitrogen and oxygen atoms in total. The number of carbonyl (C=O) groups is 1. The van der Waals surface area contributed by atoms with Crippen molar-refractivity contribution in [1.82, 2.24) is 0 Å². The monoisotopic (exact) mass is 390 g/mol. The van der Waals surface area contributed by atoms with Crippen molar-refractivity contribution in [3.63, 3.8) is 0 Å². The molecule has 0 aliphatic rings. The number of hydrogen-bond donors (Lipinski definition) is 0. The van der Waals surface area contributed by atoms with Gasteiger partial charge in [0.15, 0.2) is 0 Å². The molecule has 0 aromatic heterocycles. The Morgan fingerprint density at radius 2 is 1.28 bits per heavy atom. The van der Waals surface area contributed by atoms with Crippen molar-refractivity contribution in [2.24, 2.45) is 0 Å². The zero-order chi connectivity index (χ0) is 13.4. The molecule has 0 unspecified atom stereocenters. The molecule has 0 aliphatic carbocycles. The zero-order valence-electron chi connectivity index (χ0n) is 8.82. The van der Waals surface area contributed by atoms with E-state index in [1.165, 1.54) is 0 Å². The number of aromatic carboxylic acids is 1. The second-order valence-electron chi connectivity index (χ2n) is 3.01. The fourth-order valence-corrected chi connectivity index (χ4v) is 1.24. The number of alkyl halides is 6. The van der Waals surface area contributed by atoms with E-state index in [4.69, 9.17) is 0 Å². The van der Waals surface area contributed by atoms with Gasteiger partial charge in [0.2, 0.25) is 0 Å². The number of halogens is 6. The molecule has 1 aromatic carbocycles. The molecule has 0 N–H and O–H groups in total. The molecule has 0 fully saturated rings. The van der Waals surface area contributed by atoms with Crippen molar-refractivity contribution in [2.45, 2.75) is 12.4 Å². The molecule has 0 heterocycles. The summed E-state index contributed by atoms with van der Waals surface area (Å²) in [5.41, 5.74) is -5.66. The summed E-state index contributed by atoms with van der Waals surface area (Å²) in [4.78, 5) is 10.4. The van der Waals surface area contributed by atoms with Gasteiger partial charge in [0, 0.05) is 5.56 Å². The Kier molecular flexibility index (Phi) is 6.29. The Balaban J connectivity index is 0.00000289. The Morgan fingerprint density at radius 1 is 0.944 bits per heavy atom. The molecule has 0 bridgehead atoms. The molecule has 94 valence electrons. The largest absolute Gasteiger partial charge is 1.00 e. The third-order valence-corrected chi connectivity index (χ3v) is 1.88. The number of benzene rings is 1. The van der Waals surface area contributed by atoms with Crippen molar-refractivity contribution < 1.29 is 105 Å². The van der Waals surface area contributed by atoms with Crippen LogP contribution in [0.2, 0.25) is 0 Å². The molecular formula is C9H3CsF6O2. The van der Waals surface area contributed by atoms with Gasteiger partial charge in [0.25, 0.3) is 0 Å². The van der Waals surface area contributed by atoms with Gasteiger partial charge in [-0.1, -0.05) is 6.07 Å². The molecule has 1 rings (SSSR count). The van der Waals surface area contributed by atoms with Crippen LogP contribution in [-0.2, 0) is 12.4 Å². The van der Waals surface area contributed by atoms with E-state index in [0.29, 0.717) is 6.07 Å². The van der Waals surface area contributed by atoms with E-state index >= 15 is 0 Å². The summed E-state index contributed by atoms with van der Waals surface area (Å²) in [6.45, 7) is 0. The van der Waals surface area contributed by atoms with E-state index in [1.54, 1.807) is 0 Å². The summed E-state index contributed by atoms with van der Waals surface area (Å²) in [6, 6.07) is 0.985. The molecule has 0 aliphatic heterocycles. The maximum absolute atomic E-state index is 12.3. The summed E-state index contributed by atoms with van der Waals surface area (Å²) in [5, 5.41) is 10.4. The van der Waals surface area contributed by atoms with Crippen LogP contribution in [0, 0.1) is 0 Å². The molecule has 0 amide bonds. The summed E-state index contributed by atoms with van der Waals surface area (Å²) in [6.07, 6.45) is -10.4. The molecule has 1 aromatic rings. The van der Waals surface area contributed by atoms with Crippen LogP contribution in [0.3, 0.4) is 0 Å². The van der Waals surface area contributed by atoms with E-state index in [0.717, 1.165) is 0 Å². The van der Waals surface area contributed by atoms with E-state index in [-0.39, 0.29) is 81.0 Å². The van der Waals surface area contributed by atoms with Gasteiger partial charge in [-0.2, -0.15) is 26.3 Å². The van der Waals surface area contributed by atoms with Crippen molar-refractivity contribution in [3.05, 3.63) is 34.9 Å². The van der Waals surface area contributed by atoms with Crippen molar-refractivity contribution in [2.75, 3.05) is 0 Å². The topological polar surface area (TPSA) is 40.1 Å². The van der Waals surface area contributed by atoms with E-state index in [9.17, 15) is 36.2 Å². The van der Waals surface area contributed by atoms with Gasteiger partial charge in [-0.05, 0) is 12.1 Å². The molecule has 0 atom stereocenters. The standard InChI is InChI=1S/C9H4F6O2.Cs/c10-8(11,12)4-2-1-3-5(9(13,14)15)6(4)7(16)17;/h1-3H,(H,16,17);/q;+1/p-1. The van der Waals surface area contributed by atoms with Gasteiger partial charge < -0.3 is 9.90 Å². The predicted molar refractivity (Wildman–Crippen MR) is 40.8 cm³/mol. The first-order valence-corrected chi connectivity index (χ1v) is 4.04. The van der Waals surface area contributed by atoms with Crippen LogP contribution in [0.5, 0.6) is 0 Å². The minimum Gasteiger partial charge on any atom is -0.545 e. The third kappa shape index (κ3) is 4.17. The van der Waals surface area contributed by atoms with E-state index in [2.05, 4.69) is 0 Å². The quantitative estimate of drug-likeness (QED) is 0.583. The Bertz CT molecular complexity index is 419. The minimum absolute atomic E-state index is 0. The first-order valence-electron chi connectivity index (χ1n) is 4.04. The van der Waals surface area contributed by atoms with Crippen LogP contribution in [0.1, 0.15) is 21.5 Å². The van der Waals surface area contributed by atoms with Crippen LogP contribution in [0.25, 0.3) is 0 Å². The molecule has 9 heteroatoms. The van der Waals surface area contributed by atoms with Gasteiger partial charge in [-0.3, -0.25) is 0 Å². The smallest absolute Gasteiger partial charge is 0.545 e. The van der Waals surface area contributed by atoms with Gasteiger partial charge >= 0.3 is 81.2 Å². The van der Waals surface area contributed by atoms with Crippen molar-refractivity contribution >= 4 is 5.97 Å². The SMILES string of the molecule is O=C([O-])c1c(C(F)(F)F)cccc1C(F)(F)F.[Cs+]. The van der Waals surface area contributed by atoms with E-state index < -0.39 is 35.0 Å². The average molecular weight is 390 g/mol. The summed E-state index contributed by atoms with van der Waals surface area (Å²) >= 11 is 0. The molecule has 0 saturated carbocycles. The van der Waals surface area contributed by atoms with Crippen molar-refractivity contribution in [3.8, 4) is 0 Å². The molecular weight excluding hydrogens is 387 g/mol. The third-order valence-electron chi connectivity index (χ3n) is 1.88. The maximum atomic E-state index is 12.3. The summed E-state index contributed by atoms with van der Waals surface area (Å²) < 4.78 is 73.9. The second-order valence-corrected chi connectivity index (χ2v) is 3.01. The summed E-state index contributed by atoms with van der Waals surface area (Å²) in [7, 11) is 0. The van der Waals surface area contributed by atoms with E-state index in [1.807, 2.05) is 0 Å². The first-order chi connectivity index (χ1) is 7.55. The van der Waals surface area contributed by atoms with Gasteiger partial charge in [0.1, 0.15) is 0 Å². The fraction of sp³-hybridized carbons (Fsp3) is 0.222. The molecule has 0 saturated heterocycles. The Hall–Kier alpha value is 0.322. The van der Waals surface area contributed by atoms with Crippen LogP contribution < -0.4 is 74.0 Å². The Labute approximate surface area is 156 Å². The van der Waals surface area contributed by atoms with Crippen molar-refractivity contribution in [1.29, 1.82) is 0 Å². The fourth-order valence-electron chi connectivity index (χ4n) is 1.24. The van der Waals surface area contributed by atoms with Gasteiger partial charge in [-0.15, -0.1) is 0 Å². The molecule has 0 radical (unpaired) electrons. The molecule has 18 heavy (non-hydrogen) atoms. The second kappa shape index (κ2) is 6.18. The predicted octanol–water partition coefficient (Wildman–Crippen LogP) is -0.908. The van der Waals surface area contributed by atoms with Gasteiger partial charge in [-0.25, -0.2) is 0 Å². The summed E-state index contributed by atoms with van der Waals surface area (Å²) in [5.74, 6) is -2.52. The minimum atomic E-state index is -5.20. The first kappa shape index (κ1) is 18.3. The number of rotatable bonds is 1. The van der Waals surface area contributed by atoms with Crippen LogP contribution in [0.4, 0.5) is 26.3 Å². The van der Waals surface area contributed by atoms with Gasteiger partial charge in [0.05, 0.1) is 17.1 Å². The number of carboxylic acid groups (broad SMARTS) is 1. The normalized spacial score (nSPS) is 11.9. The number of carboxylic acids is 1. The number of hydrogen-bond acceptors (Lipinski definition) is 2. The molecule has 0 spiro atoms. The van der Waals surface area contributed by atoms with Crippen LogP contribution >= 0.6 is 0 Å². The van der Waals surface area contributed by atoms with Crippen LogP contribution in [0.15, 0.2) is 18.2 Å².